The van der Waals surface area contributed by atoms with E-state index in [9.17, 15) is 9.18 Å². The highest BCUT2D eigenvalue weighted by Gasteiger charge is 2.25. The molecule has 1 saturated heterocycles. The Morgan fingerprint density at radius 2 is 2.36 bits per heavy atom. The fourth-order valence-electron chi connectivity index (χ4n) is 2.68. The lowest BCUT2D eigenvalue weighted by Crippen LogP contribution is -2.48. The van der Waals surface area contributed by atoms with Crippen LogP contribution in [0, 0.1) is 5.82 Å². The summed E-state index contributed by atoms with van der Waals surface area (Å²) < 4.78 is 15.3. The van der Waals surface area contributed by atoms with Gasteiger partial charge < -0.3 is 10.2 Å². The number of piperidine rings is 1. The summed E-state index contributed by atoms with van der Waals surface area (Å²) in [4.78, 5) is 21.7. The van der Waals surface area contributed by atoms with Crippen molar-refractivity contribution in [2.24, 2.45) is 7.05 Å². The minimum absolute atomic E-state index is 0.0504. The fourth-order valence-corrected chi connectivity index (χ4v) is 2.68. The SMILES string of the molecule is Cn1nccc1C(=O)NC1CCCN(c2ncncc2F)C1. The lowest BCUT2D eigenvalue weighted by Gasteiger charge is -2.33. The van der Waals surface area contributed by atoms with E-state index in [0.29, 0.717) is 18.8 Å². The zero-order chi connectivity index (χ0) is 15.5. The Balaban J connectivity index is 1.68. The number of nitrogens with one attached hydrogen (secondary N) is 1. The third-order valence-corrected chi connectivity index (χ3v) is 3.76. The molecule has 0 radical (unpaired) electrons. The van der Waals surface area contributed by atoms with E-state index in [1.165, 1.54) is 11.0 Å². The molecule has 116 valence electrons. The molecule has 1 unspecified atom stereocenters. The molecule has 0 spiro atoms. The van der Waals surface area contributed by atoms with Crippen molar-refractivity contribution in [3.63, 3.8) is 0 Å². The van der Waals surface area contributed by atoms with Crippen molar-refractivity contribution >= 4 is 11.7 Å². The molecule has 7 nitrogen and oxygen atoms in total. The second-order valence-electron chi connectivity index (χ2n) is 5.29. The predicted molar refractivity (Wildman–Crippen MR) is 77.9 cm³/mol. The number of aryl methyl sites for hydroxylation is 1. The van der Waals surface area contributed by atoms with Gasteiger partial charge in [0.2, 0.25) is 0 Å². The average Bonchev–Trinajstić information content (AvgIpc) is 2.94. The molecule has 3 heterocycles. The summed E-state index contributed by atoms with van der Waals surface area (Å²) in [6.45, 7) is 1.24. The first-order valence-corrected chi connectivity index (χ1v) is 7.14. The quantitative estimate of drug-likeness (QED) is 0.905. The first kappa shape index (κ1) is 14.4. The first-order valence-electron chi connectivity index (χ1n) is 7.14. The summed E-state index contributed by atoms with van der Waals surface area (Å²) in [5, 5.41) is 6.96. The Labute approximate surface area is 127 Å². The van der Waals surface area contributed by atoms with E-state index >= 15 is 0 Å². The van der Waals surface area contributed by atoms with Crippen molar-refractivity contribution in [3.8, 4) is 0 Å². The Morgan fingerprint density at radius 3 is 3.09 bits per heavy atom. The summed E-state index contributed by atoms with van der Waals surface area (Å²) in [6.07, 6.45) is 5.78. The smallest absolute Gasteiger partial charge is 0.269 e. The molecule has 22 heavy (non-hydrogen) atoms. The van der Waals surface area contributed by atoms with E-state index in [0.717, 1.165) is 19.0 Å². The molecular formula is C14H17FN6O. The Morgan fingerprint density at radius 1 is 1.50 bits per heavy atom. The number of hydrogen-bond acceptors (Lipinski definition) is 5. The van der Waals surface area contributed by atoms with Crippen LogP contribution in [0.2, 0.25) is 0 Å². The van der Waals surface area contributed by atoms with Gasteiger partial charge in [-0.05, 0) is 18.9 Å². The van der Waals surface area contributed by atoms with Crippen molar-refractivity contribution in [2.45, 2.75) is 18.9 Å². The number of anilines is 1. The van der Waals surface area contributed by atoms with Gasteiger partial charge in [0.15, 0.2) is 11.6 Å². The molecular weight excluding hydrogens is 287 g/mol. The predicted octanol–water partition coefficient (Wildman–Crippen LogP) is 0.748. The van der Waals surface area contributed by atoms with Crippen LogP contribution >= 0.6 is 0 Å². The van der Waals surface area contributed by atoms with E-state index in [2.05, 4.69) is 20.4 Å². The molecule has 2 aromatic heterocycles. The summed E-state index contributed by atoms with van der Waals surface area (Å²) in [5.41, 5.74) is 0.505. The highest BCUT2D eigenvalue weighted by molar-refractivity contribution is 5.92. The third kappa shape index (κ3) is 2.90. The van der Waals surface area contributed by atoms with Crippen LogP contribution in [-0.2, 0) is 7.05 Å². The fraction of sp³-hybridized carbons (Fsp3) is 0.429. The van der Waals surface area contributed by atoms with Gasteiger partial charge in [0.25, 0.3) is 5.91 Å². The maximum Gasteiger partial charge on any atom is 0.269 e. The molecule has 2 aromatic rings. The second-order valence-corrected chi connectivity index (χ2v) is 5.29. The number of amides is 1. The second kappa shape index (κ2) is 6.08. The van der Waals surface area contributed by atoms with Crippen LogP contribution in [0.25, 0.3) is 0 Å². The van der Waals surface area contributed by atoms with Gasteiger partial charge in [0.05, 0.1) is 6.20 Å². The van der Waals surface area contributed by atoms with Gasteiger partial charge in [-0.1, -0.05) is 0 Å². The highest BCUT2D eigenvalue weighted by atomic mass is 19.1. The van der Waals surface area contributed by atoms with Crippen molar-refractivity contribution in [1.82, 2.24) is 25.1 Å². The van der Waals surface area contributed by atoms with E-state index in [1.807, 2.05) is 4.90 Å². The van der Waals surface area contributed by atoms with E-state index in [-0.39, 0.29) is 17.8 Å². The Bertz CT molecular complexity index is 673. The number of nitrogens with zero attached hydrogens (tertiary/aromatic N) is 5. The molecule has 1 aliphatic heterocycles. The zero-order valence-corrected chi connectivity index (χ0v) is 12.2. The molecule has 8 heteroatoms. The van der Waals surface area contributed by atoms with E-state index < -0.39 is 5.82 Å². The van der Waals surface area contributed by atoms with Gasteiger partial charge in [-0.3, -0.25) is 9.48 Å². The van der Waals surface area contributed by atoms with Crippen LogP contribution in [-0.4, -0.2) is 44.8 Å². The molecule has 1 N–H and O–H groups in total. The lowest BCUT2D eigenvalue weighted by atomic mass is 10.1. The Kier molecular flexibility index (Phi) is 3.99. The highest BCUT2D eigenvalue weighted by Crippen LogP contribution is 2.20. The van der Waals surface area contributed by atoms with E-state index in [1.54, 1.807) is 19.3 Å². The number of rotatable bonds is 3. The van der Waals surface area contributed by atoms with Crippen molar-refractivity contribution in [3.05, 3.63) is 36.3 Å². The standard InChI is InChI=1S/C14H17FN6O/c1-20-12(4-5-18-20)14(22)19-10-3-2-6-21(8-10)13-11(15)7-16-9-17-13/h4-5,7,9-10H,2-3,6,8H2,1H3,(H,19,22). The van der Waals surface area contributed by atoms with Crippen LogP contribution in [0.15, 0.2) is 24.8 Å². The topological polar surface area (TPSA) is 75.9 Å². The van der Waals surface area contributed by atoms with Crippen LogP contribution in [0.3, 0.4) is 0 Å². The van der Waals surface area contributed by atoms with Crippen LogP contribution in [0.5, 0.6) is 0 Å². The normalized spacial score (nSPS) is 18.3. The van der Waals surface area contributed by atoms with Gasteiger partial charge in [0, 0.05) is 32.4 Å². The van der Waals surface area contributed by atoms with Crippen molar-refractivity contribution in [2.75, 3.05) is 18.0 Å². The van der Waals surface area contributed by atoms with Crippen LogP contribution in [0.4, 0.5) is 10.2 Å². The van der Waals surface area contributed by atoms with Crippen LogP contribution < -0.4 is 10.2 Å². The lowest BCUT2D eigenvalue weighted by molar-refractivity contribution is 0.0923. The molecule has 1 atom stereocenters. The van der Waals surface area contributed by atoms with Gasteiger partial charge in [-0.15, -0.1) is 0 Å². The summed E-state index contributed by atoms with van der Waals surface area (Å²) in [7, 11) is 1.72. The molecule has 0 aliphatic carbocycles. The summed E-state index contributed by atoms with van der Waals surface area (Å²) >= 11 is 0. The largest absolute Gasteiger partial charge is 0.352 e. The minimum atomic E-state index is -0.443. The maximum atomic E-state index is 13.8. The third-order valence-electron chi connectivity index (χ3n) is 3.76. The summed E-state index contributed by atoms with van der Waals surface area (Å²) in [6, 6.07) is 1.62. The number of carbonyl (C=O) groups is 1. The number of aromatic nitrogens is 4. The van der Waals surface area contributed by atoms with Crippen molar-refractivity contribution in [1.29, 1.82) is 0 Å². The molecule has 0 saturated carbocycles. The van der Waals surface area contributed by atoms with Gasteiger partial charge >= 0.3 is 0 Å². The molecule has 0 bridgehead atoms. The molecule has 0 aromatic carbocycles. The zero-order valence-electron chi connectivity index (χ0n) is 12.2. The van der Waals surface area contributed by atoms with Crippen molar-refractivity contribution < 1.29 is 9.18 Å². The van der Waals surface area contributed by atoms with Gasteiger partial charge in [-0.2, -0.15) is 5.10 Å². The maximum absolute atomic E-state index is 13.8. The minimum Gasteiger partial charge on any atom is -0.352 e. The van der Waals surface area contributed by atoms with E-state index in [4.69, 9.17) is 0 Å². The number of halogens is 1. The average molecular weight is 304 g/mol. The molecule has 1 fully saturated rings. The monoisotopic (exact) mass is 304 g/mol. The van der Waals surface area contributed by atoms with Crippen LogP contribution in [0.1, 0.15) is 23.3 Å². The number of carbonyl (C=O) groups excluding carboxylic acids is 1. The molecule has 1 aliphatic rings. The summed E-state index contributed by atoms with van der Waals surface area (Å²) in [5.74, 6) is -0.328. The molecule has 1 amide bonds. The van der Waals surface area contributed by atoms with Gasteiger partial charge in [0.1, 0.15) is 12.0 Å². The molecule has 3 rings (SSSR count). The number of hydrogen-bond donors (Lipinski definition) is 1. The Hall–Kier alpha value is -2.51. The first-order chi connectivity index (χ1) is 10.6. The van der Waals surface area contributed by atoms with Gasteiger partial charge in [-0.25, -0.2) is 14.4 Å².